The fourth-order valence-electron chi connectivity index (χ4n) is 3.41. The van der Waals surface area contributed by atoms with E-state index in [0.29, 0.717) is 5.92 Å². The van der Waals surface area contributed by atoms with Gasteiger partial charge < -0.3 is 9.99 Å². The number of fused-ring (bicyclic) bond motifs is 3. The summed E-state index contributed by atoms with van der Waals surface area (Å²) in [6.45, 7) is 3.94. The summed E-state index contributed by atoms with van der Waals surface area (Å²) in [7, 11) is 0. The van der Waals surface area contributed by atoms with Crippen LogP contribution in [0.3, 0.4) is 0 Å². The van der Waals surface area contributed by atoms with E-state index in [4.69, 9.17) is 5.26 Å². The lowest BCUT2D eigenvalue weighted by atomic mass is 9.87. The van der Waals surface area contributed by atoms with Crippen molar-refractivity contribution in [3.05, 3.63) is 24.8 Å². The summed E-state index contributed by atoms with van der Waals surface area (Å²) in [6, 6.07) is 4.43. The van der Waals surface area contributed by atoms with Crippen LogP contribution in [-0.2, 0) is 0 Å². The Balaban J connectivity index is 1.68. The molecule has 1 aliphatic heterocycles. The van der Waals surface area contributed by atoms with Gasteiger partial charge in [0.15, 0.2) is 0 Å². The maximum absolute atomic E-state index is 9.08. The number of hydrogen-bond acceptors (Lipinski definition) is 4. The van der Waals surface area contributed by atoms with Crippen LogP contribution in [0.2, 0.25) is 0 Å². The van der Waals surface area contributed by atoms with E-state index in [9.17, 15) is 0 Å². The molecule has 6 heteroatoms. The third-order valence-electron chi connectivity index (χ3n) is 4.81. The number of aromatic nitrogens is 4. The molecule has 22 heavy (non-hydrogen) atoms. The van der Waals surface area contributed by atoms with Gasteiger partial charge in [0.2, 0.25) is 0 Å². The van der Waals surface area contributed by atoms with E-state index in [1.165, 1.54) is 0 Å². The van der Waals surface area contributed by atoms with Crippen molar-refractivity contribution < 1.29 is 0 Å². The highest BCUT2D eigenvalue weighted by atomic mass is 15.6. The van der Waals surface area contributed by atoms with E-state index in [2.05, 4.69) is 30.7 Å². The number of hydrogen-bond donors (Lipinski definition) is 1. The zero-order chi connectivity index (χ0) is 15.1. The third-order valence-corrected chi connectivity index (χ3v) is 4.81. The number of rotatable bonds is 2. The minimum absolute atomic E-state index is 0.141. The van der Waals surface area contributed by atoms with Crippen LogP contribution < -0.4 is 5.01 Å². The van der Waals surface area contributed by atoms with E-state index >= 15 is 0 Å². The molecule has 4 heterocycles. The van der Waals surface area contributed by atoms with Gasteiger partial charge in [-0.25, -0.2) is 14.6 Å². The molecule has 3 aromatic heterocycles. The van der Waals surface area contributed by atoms with Crippen LogP contribution in [0.15, 0.2) is 24.8 Å². The van der Waals surface area contributed by atoms with Crippen molar-refractivity contribution in [2.75, 3.05) is 18.1 Å². The number of aromatic amines is 1. The van der Waals surface area contributed by atoms with Gasteiger partial charge >= 0.3 is 0 Å². The maximum atomic E-state index is 9.08. The van der Waals surface area contributed by atoms with Crippen molar-refractivity contribution in [3.63, 3.8) is 0 Å². The number of piperidine rings is 1. The SMILES string of the molecule is CC(C#N)C1CCN(n2cnc3cnc4[nH]ccc4c32)CC1. The van der Waals surface area contributed by atoms with Gasteiger partial charge in [0.25, 0.3) is 0 Å². The smallest absolute Gasteiger partial charge is 0.139 e. The third kappa shape index (κ3) is 1.93. The molecule has 0 bridgehead atoms. The molecule has 0 amide bonds. The Kier molecular flexibility index (Phi) is 3.00. The summed E-state index contributed by atoms with van der Waals surface area (Å²) in [5.74, 6) is 0.646. The second kappa shape index (κ2) is 5.02. The molecule has 0 radical (unpaired) electrons. The van der Waals surface area contributed by atoms with Crippen LogP contribution >= 0.6 is 0 Å². The first kappa shape index (κ1) is 13.1. The highest BCUT2D eigenvalue weighted by Gasteiger charge is 2.25. The standard InChI is InChI=1S/C16H18N6/c1-11(8-17)12-3-6-21(7-4-12)22-10-20-14-9-19-16-13(15(14)22)2-5-18-16/h2,5,9-12H,3-4,6-7H2,1H3,(H,18,19). The summed E-state index contributed by atoms with van der Waals surface area (Å²) < 4.78 is 2.15. The Labute approximate surface area is 128 Å². The molecule has 1 saturated heterocycles. The second-order valence-corrected chi connectivity index (χ2v) is 6.03. The van der Waals surface area contributed by atoms with Gasteiger partial charge in [-0.15, -0.1) is 0 Å². The molecule has 3 aromatic rings. The minimum atomic E-state index is 0.141. The fourth-order valence-corrected chi connectivity index (χ4v) is 3.41. The number of nitriles is 1. The summed E-state index contributed by atoms with van der Waals surface area (Å²) in [5, 5.41) is 12.5. The van der Waals surface area contributed by atoms with Crippen molar-refractivity contribution in [3.8, 4) is 6.07 Å². The highest BCUT2D eigenvalue weighted by molar-refractivity contribution is 6.01. The summed E-state index contributed by atoms with van der Waals surface area (Å²) in [6.07, 6.45) is 7.71. The molecule has 1 N–H and O–H groups in total. The normalized spacial score (nSPS) is 17.9. The van der Waals surface area contributed by atoms with Crippen LogP contribution in [0.1, 0.15) is 19.8 Å². The molecular formula is C16H18N6. The van der Waals surface area contributed by atoms with Gasteiger partial charge in [-0.2, -0.15) is 5.26 Å². The Bertz CT molecular complexity index is 846. The Morgan fingerprint density at radius 3 is 2.95 bits per heavy atom. The Hall–Kier alpha value is -2.55. The lowest BCUT2D eigenvalue weighted by Crippen LogP contribution is -2.42. The lowest BCUT2D eigenvalue weighted by molar-refractivity contribution is 0.315. The number of pyridine rings is 1. The predicted molar refractivity (Wildman–Crippen MR) is 84.8 cm³/mol. The molecule has 1 aliphatic rings. The summed E-state index contributed by atoms with van der Waals surface area (Å²) in [4.78, 5) is 12.0. The van der Waals surface area contributed by atoms with Gasteiger partial charge in [-0.1, -0.05) is 0 Å². The first-order valence-corrected chi connectivity index (χ1v) is 7.72. The molecule has 0 aliphatic carbocycles. The van der Waals surface area contributed by atoms with Gasteiger partial charge in [0.05, 0.1) is 12.3 Å². The highest BCUT2D eigenvalue weighted by Crippen LogP contribution is 2.27. The Morgan fingerprint density at radius 2 is 2.18 bits per heavy atom. The van der Waals surface area contributed by atoms with Crippen LogP contribution in [0.5, 0.6) is 0 Å². The van der Waals surface area contributed by atoms with Crippen LogP contribution in [0.25, 0.3) is 22.1 Å². The zero-order valence-corrected chi connectivity index (χ0v) is 12.5. The van der Waals surface area contributed by atoms with Gasteiger partial charge in [-0.05, 0) is 31.7 Å². The fraction of sp³-hybridized carbons (Fsp3) is 0.438. The monoisotopic (exact) mass is 294 g/mol. The number of nitrogens with one attached hydrogen (secondary N) is 1. The molecule has 4 rings (SSSR count). The molecule has 0 spiro atoms. The number of H-pyrrole nitrogens is 1. The van der Waals surface area contributed by atoms with E-state index < -0.39 is 0 Å². The molecule has 112 valence electrons. The van der Waals surface area contributed by atoms with Crippen molar-refractivity contribution in [2.24, 2.45) is 11.8 Å². The molecule has 0 saturated carbocycles. The molecule has 0 aromatic carbocycles. The van der Waals surface area contributed by atoms with Crippen LogP contribution in [0, 0.1) is 23.2 Å². The van der Waals surface area contributed by atoms with Gasteiger partial charge in [-0.3, -0.25) is 0 Å². The quantitative estimate of drug-likeness (QED) is 0.787. The van der Waals surface area contributed by atoms with Crippen molar-refractivity contribution in [2.45, 2.75) is 19.8 Å². The predicted octanol–water partition coefficient (Wildman–Crippen LogP) is 2.42. The second-order valence-electron chi connectivity index (χ2n) is 6.03. The number of nitrogens with zero attached hydrogens (tertiary/aromatic N) is 5. The van der Waals surface area contributed by atoms with E-state index in [1.807, 2.05) is 31.7 Å². The molecular weight excluding hydrogens is 276 g/mol. The summed E-state index contributed by atoms with van der Waals surface area (Å²) in [5.41, 5.74) is 2.92. The van der Waals surface area contributed by atoms with Crippen molar-refractivity contribution >= 4 is 22.1 Å². The molecule has 1 fully saturated rings. The van der Waals surface area contributed by atoms with Crippen molar-refractivity contribution in [1.82, 2.24) is 19.6 Å². The Morgan fingerprint density at radius 1 is 1.36 bits per heavy atom. The molecule has 1 unspecified atom stereocenters. The van der Waals surface area contributed by atoms with E-state index in [1.54, 1.807) is 0 Å². The largest absolute Gasteiger partial charge is 0.346 e. The average Bonchev–Trinajstić information content (AvgIpc) is 3.19. The molecule has 1 atom stereocenters. The van der Waals surface area contributed by atoms with E-state index in [0.717, 1.165) is 48.0 Å². The summed E-state index contributed by atoms with van der Waals surface area (Å²) >= 11 is 0. The van der Waals surface area contributed by atoms with E-state index in [-0.39, 0.29) is 5.92 Å². The zero-order valence-electron chi connectivity index (χ0n) is 12.5. The molecule has 6 nitrogen and oxygen atoms in total. The van der Waals surface area contributed by atoms with Crippen LogP contribution in [-0.4, -0.2) is 32.7 Å². The first-order chi connectivity index (χ1) is 10.8. The van der Waals surface area contributed by atoms with Gasteiger partial charge in [0.1, 0.15) is 23.0 Å². The number of imidazole rings is 1. The average molecular weight is 294 g/mol. The first-order valence-electron chi connectivity index (χ1n) is 7.72. The minimum Gasteiger partial charge on any atom is -0.346 e. The van der Waals surface area contributed by atoms with Crippen molar-refractivity contribution in [1.29, 1.82) is 5.26 Å². The maximum Gasteiger partial charge on any atom is 0.139 e. The topological polar surface area (TPSA) is 73.5 Å². The lowest BCUT2D eigenvalue weighted by Gasteiger charge is -2.35. The van der Waals surface area contributed by atoms with Gasteiger partial charge in [0, 0.05) is 30.6 Å². The van der Waals surface area contributed by atoms with Crippen LogP contribution in [0.4, 0.5) is 0 Å².